The molecular weight excluding hydrogens is 172 g/mol. The summed E-state index contributed by atoms with van der Waals surface area (Å²) in [5, 5.41) is 0. The Morgan fingerprint density at radius 3 is 2.69 bits per heavy atom. The first-order chi connectivity index (χ1) is 6.18. The zero-order chi connectivity index (χ0) is 9.42. The van der Waals surface area contributed by atoms with Crippen molar-refractivity contribution in [3.63, 3.8) is 0 Å². The van der Waals surface area contributed by atoms with Gasteiger partial charge in [0.05, 0.1) is 12.7 Å². The summed E-state index contributed by atoms with van der Waals surface area (Å²) in [6.45, 7) is 2.53. The number of hydrogen-bond donors (Lipinski definition) is 0. The second kappa shape index (κ2) is 2.99. The second-order valence-electron chi connectivity index (χ2n) is 3.43. The molecule has 2 amide bonds. The van der Waals surface area contributed by atoms with Gasteiger partial charge in [0.1, 0.15) is 0 Å². The van der Waals surface area contributed by atoms with Crippen LogP contribution in [0.1, 0.15) is 0 Å². The summed E-state index contributed by atoms with van der Waals surface area (Å²) in [5.41, 5.74) is 0. The second-order valence-corrected chi connectivity index (χ2v) is 3.43. The van der Waals surface area contributed by atoms with E-state index in [4.69, 9.17) is 4.74 Å². The van der Waals surface area contributed by atoms with Crippen LogP contribution < -0.4 is 0 Å². The van der Waals surface area contributed by atoms with Crippen LogP contribution in [0.4, 0.5) is 0 Å². The summed E-state index contributed by atoms with van der Waals surface area (Å²) in [6, 6.07) is 0. The molecule has 13 heavy (non-hydrogen) atoms. The van der Waals surface area contributed by atoms with E-state index in [0.29, 0.717) is 26.2 Å². The molecule has 72 valence electrons. The molecule has 0 aromatic carbocycles. The highest BCUT2D eigenvalue weighted by Crippen LogP contribution is 2.13. The summed E-state index contributed by atoms with van der Waals surface area (Å²) < 4.78 is 5.00. The number of amides is 2. The topological polar surface area (TPSA) is 53.1 Å². The summed E-state index contributed by atoms with van der Waals surface area (Å²) in [6.07, 6.45) is 0.167. The fourth-order valence-corrected chi connectivity index (χ4v) is 1.37. The summed E-state index contributed by atoms with van der Waals surface area (Å²) in [5.74, 6) is -0.809. The maximum atomic E-state index is 11.4. The molecule has 2 saturated heterocycles. The van der Waals surface area contributed by atoms with Crippen molar-refractivity contribution in [3.8, 4) is 0 Å². The highest BCUT2D eigenvalue weighted by molar-refractivity contribution is 6.35. The van der Waals surface area contributed by atoms with Crippen LogP contribution in [-0.2, 0) is 14.3 Å². The zero-order valence-electron chi connectivity index (χ0n) is 7.52. The molecule has 0 spiro atoms. The van der Waals surface area contributed by atoms with Gasteiger partial charge >= 0.3 is 11.8 Å². The first-order valence-corrected chi connectivity index (χ1v) is 4.34. The third-order valence-corrected chi connectivity index (χ3v) is 2.35. The Morgan fingerprint density at radius 1 is 1.38 bits per heavy atom. The number of epoxide rings is 1. The minimum Gasteiger partial charge on any atom is -0.371 e. The monoisotopic (exact) mass is 184 g/mol. The van der Waals surface area contributed by atoms with E-state index in [-0.39, 0.29) is 6.10 Å². The SMILES string of the molecule is CN1CCN(C[C@@H]2CO2)C(=O)C1=O. The molecule has 0 aromatic rings. The molecule has 1 atom stereocenters. The van der Waals surface area contributed by atoms with E-state index < -0.39 is 11.8 Å². The van der Waals surface area contributed by atoms with Gasteiger partial charge in [-0.15, -0.1) is 0 Å². The summed E-state index contributed by atoms with van der Waals surface area (Å²) in [4.78, 5) is 25.6. The molecule has 2 rings (SSSR count). The van der Waals surface area contributed by atoms with Gasteiger partial charge in [-0.2, -0.15) is 0 Å². The van der Waals surface area contributed by atoms with E-state index in [9.17, 15) is 9.59 Å². The van der Waals surface area contributed by atoms with Gasteiger partial charge in [-0.3, -0.25) is 9.59 Å². The number of nitrogens with zero attached hydrogens (tertiary/aromatic N) is 2. The number of rotatable bonds is 2. The van der Waals surface area contributed by atoms with E-state index in [0.717, 1.165) is 0 Å². The lowest BCUT2D eigenvalue weighted by molar-refractivity contribution is -0.155. The lowest BCUT2D eigenvalue weighted by Crippen LogP contribution is -2.53. The van der Waals surface area contributed by atoms with Gasteiger partial charge in [0.2, 0.25) is 0 Å². The lowest BCUT2D eigenvalue weighted by atomic mass is 10.3. The van der Waals surface area contributed by atoms with Gasteiger partial charge in [0.25, 0.3) is 0 Å². The molecule has 0 unspecified atom stereocenters. The highest BCUT2D eigenvalue weighted by Gasteiger charge is 2.34. The summed E-state index contributed by atoms with van der Waals surface area (Å²) >= 11 is 0. The van der Waals surface area contributed by atoms with Crippen molar-refractivity contribution in [1.29, 1.82) is 0 Å². The van der Waals surface area contributed by atoms with E-state index >= 15 is 0 Å². The Morgan fingerprint density at radius 2 is 2.08 bits per heavy atom. The molecule has 0 radical (unpaired) electrons. The molecular formula is C8H12N2O3. The Kier molecular flexibility index (Phi) is 1.95. The summed E-state index contributed by atoms with van der Waals surface area (Å²) in [7, 11) is 1.64. The van der Waals surface area contributed by atoms with Crippen LogP contribution in [-0.4, -0.2) is 61.0 Å². The minimum absolute atomic E-state index is 0.167. The number of hydrogen-bond acceptors (Lipinski definition) is 3. The molecule has 0 N–H and O–H groups in total. The molecule has 0 bridgehead atoms. The van der Waals surface area contributed by atoms with Crippen molar-refractivity contribution in [1.82, 2.24) is 9.80 Å². The normalized spacial score (nSPS) is 28.2. The van der Waals surface area contributed by atoms with E-state index in [1.165, 1.54) is 4.90 Å². The molecule has 2 fully saturated rings. The van der Waals surface area contributed by atoms with Crippen LogP contribution >= 0.6 is 0 Å². The average Bonchev–Trinajstić information content (AvgIpc) is 2.90. The van der Waals surface area contributed by atoms with Gasteiger partial charge < -0.3 is 14.5 Å². The van der Waals surface area contributed by atoms with Crippen LogP contribution in [0.25, 0.3) is 0 Å². The van der Waals surface area contributed by atoms with E-state index in [1.807, 2.05) is 0 Å². The molecule has 5 nitrogen and oxygen atoms in total. The standard InChI is InChI=1S/C8H12N2O3/c1-9-2-3-10(4-6-5-13-6)8(12)7(9)11/h6H,2-5H2,1H3/t6-/m1/s1. The smallest absolute Gasteiger partial charge is 0.312 e. The zero-order valence-corrected chi connectivity index (χ0v) is 7.52. The molecule has 0 aliphatic carbocycles. The van der Waals surface area contributed by atoms with Crippen molar-refractivity contribution >= 4 is 11.8 Å². The van der Waals surface area contributed by atoms with E-state index in [1.54, 1.807) is 11.9 Å². The Bertz CT molecular complexity index is 250. The number of ether oxygens (including phenoxy) is 1. The number of piperazine rings is 1. The highest BCUT2D eigenvalue weighted by atomic mass is 16.6. The van der Waals surface area contributed by atoms with Crippen LogP contribution in [0.3, 0.4) is 0 Å². The van der Waals surface area contributed by atoms with Crippen molar-refractivity contribution in [3.05, 3.63) is 0 Å². The minimum atomic E-state index is -0.410. The van der Waals surface area contributed by atoms with E-state index in [2.05, 4.69) is 0 Å². The van der Waals surface area contributed by atoms with Gasteiger partial charge in [-0.25, -0.2) is 0 Å². The first-order valence-electron chi connectivity index (χ1n) is 4.34. The van der Waals surface area contributed by atoms with Gasteiger partial charge in [0.15, 0.2) is 0 Å². The van der Waals surface area contributed by atoms with Gasteiger partial charge in [-0.1, -0.05) is 0 Å². The van der Waals surface area contributed by atoms with Gasteiger partial charge in [-0.05, 0) is 0 Å². The van der Waals surface area contributed by atoms with Crippen LogP contribution in [0.15, 0.2) is 0 Å². The largest absolute Gasteiger partial charge is 0.371 e. The number of carbonyl (C=O) groups is 2. The quantitative estimate of drug-likeness (QED) is 0.395. The molecule has 0 saturated carbocycles. The number of likely N-dealkylation sites (N-methyl/N-ethyl adjacent to an activating group) is 1. The lowest BCUT2D eigenvalue weighted by Gasteiger charge is -2.30. The Hall–Kier alpha value is -1.10. The van der Waals surface area contributed by atoms with Crippen LogP contribution in [0.2, 0.25) is 0 Å². The van der Waals surface area contributed by atoms with Crippen LogP contribution in [0, 0.1) is 0 Å². The van der Waals surface area contributed by atoms with Gasteiger partial charge in [0, 0.05) is 26.7 Å². The molecule has 5 heteroatoms. The predicted octanol–water partition coefficient (Wildman–Crippen LogP) is -1.31. The first kappa shape index (κ1) is 8.50. The fourth-order valence-electron chi connectivity index (χ4n) is 1.37. The average molecular weight is 184 g/mol. The Labute approximate surface area is 76.2 Å². The number of carbonyl (C=O) groups excluding carboxylic acids is 2. The van der Waals surface area contributed by atoms with Crippen molar-refractivity contribution in [2.75, 3.05) is 33.3 Å². The maximum absolute atomic E-state index is 11.4. The van der Waals surface area contributed by atoms with Crippen LogP contribution in [0.5, 0.6) is 0 Å². The molecule has 0 aromatic heterocycles. The van der Waals surface area contributed by atoms with Crippen molar-refractivity contribution < 1.29 is 14.3 Å². The predicted molar refractivity (Wildman–Crippen MR) is 44.0 cm³/mol. The molecule has 2 aliphatic rings. The third-order valence-electron chi connectivity index (χ3n) is 2.35. The third kappa shape index (κ3) is 1.65. The molecule has 2 heterocycles. The van der Waals surface area contributed by atoms with Crippen molar-refractivity contribution in [2.45, 2.75) is 6.10 Å². The van der Waals surface area contributed by atoms with Crippen molar-refractivity contribution in [2.24, 2.45) is 0 Å². The maximum Gasteiger partial charge on any atom is 0.312 e. The fraction of sp³-hybridized carbons (Fsp3) is 0.750. The Balaban J connectivity index is 1.96. The molecule has 2 aliphatic heterocycles.